The van der Waals surface area contributed by atoms with Gasteiger partial charge >= 0.3 is 0 Å². The fourth-order valence-electron chi connectivity index (χ4n) is 3.85. The number of aromatic nitrogens is 4. The number of nitrogens with zero attached hydrogens (tertiary/aromatic N) is 6. The summed E-state index contributed by atoms with van der Waals surface area (Å²) in [7, 11) is -1.63. The molecule has 0 aromatic carbocycles. The molecule has 1 aliphatic heterocycles. The number of anilines is 1. The number of nitrogens with one attached hydrogen (secondary N) is 1. The van der Waals surface area contributed by atoms with Crippen LogP contribution in [0.1, 0.15) is 53.2 Å². The number of nitriles is 1. The molecule has 4 atom stereocenters. The normalized spacial score (nSPS) is 20.8. The number of alkyl halides is 1. The van der Waals surface area contributed by atoms with Crippen molar-refractivity contribution in [3.8, 4) is 6.07 Å². The average molecular weight is 522 g/mol. The van der Waals surface area contributed by atoms with E-state index in [2.05, 4.69) is 32.9 Å². The summed E-state index contributed by atoms with van der Waals surface area (Å²) in [5, 5.41) is 11.6. The monoisotopic (exact) mass is 521 g/mol. The van der Waals surface area contributed by atoms with Crippen molar-refractivity contribution in [3.63, 3.8) is 0 Å². The van der Waals surface area contributed by atoms with Crippen LogP contribution in [0.25, 0.3) is 11.2 Å². The van der Waals surface area contributed by atoms with Crippen LogP contribution in [0.3, 0.4) is 0 Å². The molecule has 13 heteroatoms. The lowest BCUT2D eigenvalue weighted by atomic mass is 10.2. The molecule has 36 heavy (non-hydrogen) atoms. The second-order valence-electron chi connectivity index (χ2n) is 8.78. The van der Waals surface area contributed by atoms with Crippen LogP contribution >= 0.6 is 8.53 Å². The lowest BCUT2D eigenvalue weighted by molar-refractivity contribution is -0.116. The number of halogens is 1. The summed E-state index contributed by atoms with van der Waals surface area (Å²) in [5.41, 5.74) is 0.661. The van der Waals surface area contributed by atoms with E-state index in [-0.39, 0.29) is 49.9 Å². The van der Waals surface area contributed by atoms with Crippen LogP contribution in [-0.4, -0.2) is 67.7 Å². The number of hydrogen-bond donors (Lipinski definition) is 1. The average Bonchev–Trinajstić information content (AvgIpc) is 3.41. The fraction of sp³-hybridized carbons (Fsp3) is 0.609. The van der Waals surface area contributed by atoms with Gasteiger partial charge in [0, 0.05) is 18.5 Å². The van der Waals surface area contributed by atoms with Gasteiger partial charge in [0.1, 0.15) is 12.4 Å². The third-order valence-corrected chi connectivity index (χ3v) is 7.57. The number of ether oxygens (including phenoxy) is 1. The summed E-state index contributed by atoms with van der Waals surface area (Å²) in [6, 6.07) is 2.22. The SMILES string of the molecule is C=CCCC(=O)Nc1ncnc2c1ncn2C1OCC(OP(OCCC#N)N(C(C)C)C(C)C)C1F. The van der Waals surface area contributed by atoms with E-state index in [4.69, 9.17) is 19.0 Å². The molecule has 0 saturated carbocycles. The highest BCUT2D eigenvalue weighted by atomic mass is 31.2. The number of carbonyl (C=O) groups is 1. The first-order valence-electron chi connectivity index (χ1n) is 11.9. The molecule has 2 aromatic rings. The molecule has 0 aliphatic carbocycles. The minimum absolute atomic E-state index is 0.00616. The Kier molecular flexibility index (Phi) is 10.2. The third kappa shape index (κ3) is 6.60. The fourth-order valence-corrected chi connectivity index (χ4v) is 5.56. The van der Waals surface area contributed by atoms with Crippen molar-refractivity contribution in [2.24, 2.45) is 0 Å². The Bertz CT molecular complexity index is 1070. The van der Waals surface area contributed by atoms with Gasteiger partial charge in [-0.3, -0.25) is 9.36 Å². The van der Waals surface area contributed by atoms with Crippen molar-refractivity contribution >= 4 is 31.4 Å². The number of rotatable bonds is 13. The van der Waals surface area contributed by atoms with Crippen molar-refractivity contribution in [2.75, 3.05) is 18.5 Å². The molecule has 3 rings (SSSR count). The molecular formula is C23H33FN7O4P. The van der Waals surface area contributed by atoms with Crippen molar-refractivity contribution in [1.82, 2.24) is 24.2 Å². The Hall–Kier alpha value is -2.55. The molecule has 1 N–H and O–H groups in total. The number of allylic oxidation sites excluding steroid dienone is 1. The van der Waals surface area contributed by atoms with E-state index in [1.165, 1.54) is 17.2 Å². The molecule has 2 aromatic heterocycles. The maximum atomic E-state index is 15.7. The summed E-state index contributed by atoms with van der Waals surface area (Å²) >= 11 is 0. The second kappa shape index (κ2) is 13.1. The maximum Gasteiger partial charge on any atom is 0.259 e. The van der Waals surface area contributed by atoms with Crippen molar-refractivity contribution in [3.05, 3.63) is 25.3 Å². The summed E-state index contributed by atoms with van der Waals surface area (Å²) in [6.45, 7) is 11.9. The molecule has 0 bridgehead atoms. The van der Waals surface area contributed by atoms with Gasteiger partial charge < -0.3 is 19.1 Å². The molecule has 196 valence electrons. The highest BCUT2D eigenvalue weighted by molar-refractivity contribution is 7.44. The molecular weight excluding hydrogens is 488 g/mol. The first kappa shape index (κ1) is 28.0. The Balaban J connectivity index is 1.77. The van der Waals surface area contributed by atoms with Gasteiger partial charge in [0.25, 0.3) is 8.53 Å². The zero-order valence-electron chi connectivity index (χ0n) is 21.0. The quantitative estimate of drug-likeness (QED) is 0.234. The molecule has 11 nitrogen and oxygen atoms in total. The largest absolute Gasteiger partial charge is 0.352 e. The highest BCUT2D eigenvalue weighted by Crippen LogP contribution is 2.49. The van der Waals surface area contributed by atoms with Gasteiger partial charge in [0.2, 0.25) is 5.91 Å². The van der Waals surface area contributed by atoms with Gasteiger partial charge in [0.15, 0.2) is 29.4 Å². The van der Waals surface area contributed by atoms with E-state index in [0.717, 1.165) is 0 Å². The minimum Gasteiger partial charge on any atom is -0.352 e. The van der Waals surface area contributed by atoms with Gasteiger partial charge in [-0.25, -0.2) is 24.0 Å². The van der Waals surface area contributed by atoms with Crippen LogP contribution in [0, 0.1) is 11.3 Å². The Morgan fingerprint density at radius 2 is 2.17 bits per heavy atom. The zero-order valence-corrected chi connectivity index (χ0v) is 21.9. The smallest absolute Gasteiger partial charge is 0.259 e. The standard InChI is InChI=1S/C23H33FN7O4P/c1-6-7-9-18(32)29-21-20-22(27-13-26-21)30(14-28-20)23-19(24)17(12-33-23)35-36(34-11-8-10-25)31(15(2)3)16(4)5/h6,13-17,19,23H,1,7-9,11-12H2,2-5H3,(H,26,27,29,32). The van der Waals surface area contributed by atoms with E-state index in [0.29, 0.717) is 17.6 Å². The van der Waals surface area contributed by atoms with E-state index in [1.807, 2.05) is 32.4 Å². The van der Waals surface area contributed by atoms with Gasteiger partial charge in [-0.15, -0.1) is 6.58 Å². The molecule has 3 heterocycles. The maximum absolute atomic E-state index is 15.7. The van der Waals surface area contributed by atoms with E-state index >= 15 is 4.39 Å². The summed E-state index contributed by atoms with van der Waals surface area (Å²) in [6.07, 6.45) is 1.91. The van der Waals surface area contributed by atoms with Crippen LogP contribution in [0.2, 0.25) is 0 Å². The highest BCUT2D eigenvalue weighted by Gasteiger charge is 2.43. The lowest BCUT2D eigenvalue weighted by Crippen LogP contribution is -2.36. The predicted octanol–water partition coefficient (Wildman–Crippen LogP) is 4.26. The molecule has 1 amide bonds. The first-order chi connectivity index (χ1) is 17.3. The summed E-state index contributed by atoms with van der Waals surface area (Å²) in [4.78, 5) is 24.8. The van der Waals surface area contributed by atoms with Crippen LogP contribution in [0.15, 0.2) is 25.3 Å². The molecule has 1 aliphatic rings. The predicted molar refractivity (Wildman–Crippen MR) is 133 cm³/mol. The number of hydrogen-bond acceptors (Lipinski definition) is 9. The Labute approximate surface area is 211 Å². The van der Waals surface area contributed by atoms with Crippen molar-refractivity contribution < 1.29 is 23.0 Å². The van der Waals surface area contributed by atoms with Gasteiger partial charge in [-0.05, 0) is 34.1 Å². The van der Waals surface area contributed by atoms with E-state index < -0.39 is 27.0 Å². The third-order valence-electron chi connectivity index (χ3n) is 5.41. The second-order valence-corrected chi connectivity index (χ2v) is 10.2. The number of imidazole rings is 1. The number of fused-ring (bicyclic) bond motifs is 1. The Morgan fingerprint density at radius 3 is 2.83 bits per heavy atom. The number of carbonyl (C=O) groups excluding carboxylic acids is 1. The van der Waals surface area contributed by atoms with Crippen LogP contribution in [0.5, 0.6) is 0 Å². The molecule has 1 saturated heterocycles. The lowest BCUT2D eigenvalue weighted by Gasteiger charge is -2.36. The van der Waals surface area contributed by atoms with Gasteiger partial charge in [-0.2, -0.15) is 5.26 Å². The first-order valence-corrected chi connectivity index (χ1v) is 13.0. The van der Waals surface area contributed by atoms with E-state index in [1.54, 1.807) is 6.08 Å². The van der Waals surface area contributed by atoms with Crippen LogP contribution in [0.4, 0.5) is 10.2 Å². The molecule has 4 unspecified atom stereocenters. The Morgan fingerprint density at radius 1 is 1.42 bits per heavy atom. The molecule has 0 spiro atoms. The zero-order chi connectivity index (χ0) is 26.2. The molecule has 1 fully saturated rings. The topological polar surface area (TPSA) is 127 Å². The van der Waals surface area contributed by atoms with Gasteiger partial charge in [0.05, 0.1) is 32.0 Å². The van der Waals surface area contributed by atoms with Crippen molar-refractivity contribution in [1.29, 1.82) is 5.26 Å². The van der Waals surface area contributed by atoms with Crippen LogP contribution < -0.4 is 5.32 Å². The van der Waals surface area contributed by atoms with Gasteiger partial charge in [-0.1, -0.05) is 6.08 Å². The van der Waals surface area contributed by atoms with E-state index in [9.17, 15) is 4.79 Å². The van der Waals surface area contributed by atoms with Crippen LogP contribution in [-0.2, 0) is 18.6 Å². The summed E-state index contributed by atoms with van der Waals surface area (Å²) < 4.78 is 37.0. The minimum atomic E-state index is -1.63. The summed E-state index contributed by atoms with van der Waals surface area (Å²) in [5.74, 6) is 0.0101. The number of amides is 1. The van der Waals surface area contributed by atoms with Crippen molar-refractivity contribution in [2.45, 2.75) is 77.5 Å². The molecule has 0 radical (unpaired) electrons.